The minimum absolute atomic E-state index is 0.0987. The number of carbonyl (C=O) groups is 5. The molecule has 0 unspecified atom stereocenters. The van der Waals surface area contributed by atoms with E-state index in [1.807, 2.05) is 0 Å². The van der Waals surface area contributed by atoms with E-state index in [-0.39, 0.29) is 64.3 Å². The van der Waals surface area contributed by atoms with E-state index in [9.17, 15) is 38.6 Å². The highest BCUT2D eigenvalue weighted by molar-refractivity contribution is 8.00. The molecule has 16 nitrogen and oxygen atoms in total. The normalized spacial score (nSPS) is 20.8. The summed E-state index contributed by atoms with van der Waals surface area (Å²) in [6.07, 6.45) is 8.64. The second-order valence-corrected chi connectivity index (χ2v) is 15.3. The second-order valence-electron chi connectivity index (χ2n) is 13.3. The number of amides is 4. The highest BCUT2D eigenvalue weighted by atomic mass is 32.2. The molecule has 3 fully saturated rings. The molecule has 4 amide bonds. The number of carboxylic acid groups (broad SMARTS) is 1. The van der Waals surface area contributed by atoms with Crippen molar-refractivity contribution in [3.63, 3.8) is 0 Å². The van der Waals surface area contributed by atoms with Crippen LogP contribution in [0.2, 0.25) is 0 Å². The molecule has 2 atom stereocenters. The minimum atomic E-state index is -1.59. The molecule has 1 saturated carbocycles. The second kappa shape index (κ2) is 15.9. The number of nitrogen functional groups attached to an aromatic ring is 1. The number of oxime groups is 1. The van der Waals surface area contributed by atoms with Gasteiger partial charge in [-0.3, -0.25) is 24.1 Å². The Morgan fingerprint density at radius 2 is 2.02 bits per heavy atom. The van der Waals surface area contributed by atoms with Crippen LogP contribution < -0.4 is 26.0 Å². The number of β-lactam (4-membered cyclic amide) rings is 1. The Balaban J connectivity index is 0.998. The topological polar surface area (TPSA) is 224 Å². The van der Waals surface area contributed by atoms with Gasteiger partial charge in [0.15, 0.2) is 34.8 Å². The van der Waals surface area contributed by atoms with Crippen molar-refractivity contribution in [3.8, 4) is 5.75 Å². The number of aromatic hydroxyl groups is 1. The van der Waals surface area contributed by atoms with Crippen molar-refractivity contribution in [2.75, 3.05) is 23.3 Å². The van der Waals surface area contributed by atoms with Gasteiger partial charge in [-0.2, -0.15) is 4.57 Å². The molecule has 0 radical (unpaired) electrons. The SMILES string of the molecule is Nc1nc(/C(=N/OC2CCCC2)C(=O)N[C@@H]2C(=O)N3C(C(=O)[O-])=C(/C=C4\CCN(Cc5ccc[n+](CC(=O)Nc6ccc(O)c(F)c6)c5)C4=O)CS[C@H]23)cs1. The Kier molecular flexibility index (Phi) is 10.8. The van der Waals surface area contributed by atoms with Gasteiger partial charge in [0.1, 0.15) is 23.2 Å². The molecule has 2 saturated heterocycles. The van der Waals surface area contributed by atoms with Gasteiger partial charge in [-0.05, 0) is 62.0 Å². The first kappa shape index (κ1) is 37.5. The molecule has 1 aliphatic carbocycles. The number of likely N-dealkylation sites (tertiary alicyclic amines) is 1. The van der Waals surface area contributed by atoms with Gasteiger partial charge < -0.3 is 41.1 Å². The predicted molar refractivity (Wildman–Crippen MR) is 195 cm³/mol. The zero-order valence-corrected chi connectivity index (χ0v) is 30.7. The first-order valence-electron chi connectivity index (χ1n) is 17.4. The number of hydrogen-bond donors (Lipinski definition) is 4. The molecule has 7 rings (SSSR count). The van der Waals surface area contributed by atoms with Gasteiger partial charge in [0.25, 0.3) is 17.7 Å². The molecule has 55 heavy (non-hydrogen) atoms. The zero-order valence-electron chi connectivity index (χ0n) is 29.1. The number of carbonyl (C=O) groups excluding carboxylic acids is 5. The summed E-state index contributed by atoms with van der Waals surface area (Å²) < 4.78 is 15.3. The van der Waals surface area contributed by atoms with Crippen molar-refractivity contribution in [2.24, 2.45) is 5.16 Å². The highest BCUT2D eigenvalue weighted by Crippen LogP contribution is 2.41. The Morgan fingerprint density at radius 3 is 2.75 bits per heavy atom. The molecule has 1 aromatic carbocycles. The third kappa shape index (κ3) is 8.16. The number of nitrogens with zero attached hydrogens (tertiary/aromatic N) is 5. The standard InChI is InChI=1S/C36H35FN8O8S2/c37-24-13-22(7-8-26(24)46)39-27(47)16-43-10-3-4-19(14-43)15-44-11-9-20(32(44)49)12-21-17-54-34-29(33(50)45(34)30(21)35(51)52)41-31(48)28(25-18-55-36(38)40-25)42-53-23-5-1-2-6-23/h3-4,7-8,10,12-14,18,23,29,34H,1-2,5-6,9,11,15-17H2,(H5-,38,39,40,41,42,46,47,48,51,52)/b20-12+/t29-,34-/m1/s1. The maximum atomic E-state index is 13.7. The summed E-state index contributed by atoms with van der Waals surface area (Å²) in [5, 5.41) is 32.2. The number of rotatable bonds is 12. The lowest BCUT2D eigenvalue weighted by atomic mass is 10.0. The predicted octanol–water partition coefficient (Wildman–Crippen LogP) is 0.922. The maximum absolute atomic E-state index is 13.7. The van der Waals surface area contributed by atoms with E-state index in [1.54, 1.807) is 39.4 Å². The van der Waals surface area contributed by atoms with E-state index in [0.717, 1.165) is 59.6 Å². The van der Waals surface area contributed by atoms with Crippen molar-refractivity contribution in [1.29, 1.82) is 0 Å². The molecule has 0 bridgehead atoms. The van der Waals surface area contributed by atoms with Crippen LogP contribution in [0.15, 0.2) is 76.2 Å². The van der Waals surface area contributed by atoms with Crippen LogP contribution in [-0.4, -0.2) is 85.0 Å². The first-order valence-corrected chi connectivity index (χ1v) is 19.3. The van der Waals surface area contributed by atoms with E-state index in [4.69, 9.17) is 10.6 Å². The quantitative estimate of drug-likeness (QED) is 0.0504. The first-order chi connectivity index (χ1) is 26.4. The van der Waals surface area contributed by atoms with Crippen LogP contribution in [-0.2, 0) is 41.9 Å². The smallest absolute Gasteiger partial charge is 0.290 e. The van der Waals surface area contributed by atoms with Crippen LogP contribution in [0.25, 0.3) is 0 Å². The number of aromatic nitrogens is 2. The fraction of sp³-hybridized carbons (Fsp3) is 0.333. The number of phenols is 1. The van der Waals surface area contributed by atoms with Crippen molar-refractivity contribution in [3.05, 3.63) is 88.1 Å². The van der Waals surface area contributed by atoms with Crippen LogP contribution in [0.3, 0.4) is 0 Å². The number of allylic oxidation sites excluding steroid dienone is 1. The number of hydrogen-bond acceptors (Lipinski definition) is 13. The number of aliphatic carboxylic acids is 1. The highest BCUT2D eigenvalue weighted by Gasteiger charge is 2.53. The summed E-state index contributed by atoms with van der Waals surface area (Å²) in [4.78, 5) is 77.8. The molecule has 4 aliphatic rings. The van der Waals surface area contributed by atoms with Crippen LogP contribution in [0.5, 0.6) is 5.75 Å². The lowest BCUT2D eigenvalue weighted by Gasteiger charge is -2.50. The molecule has 286 valence electrons. The molecule has 3 aliphatic heterocycles. The summed E-state index contributed by atoms with van der Waals surface area (Å²) in [5.41, 5.74) is 6.99. The number of benzene rings is 1. The number of phenolic OH excluding ortho intramolecular Hbond substituents is 1. The Labute approximate surface area is 321 Å². The third-order valence-electron chi connectivity index (χ3n) is 9.46. The van der Waals surface area contributed by atoms with Crippen molar-refractivity contribution in [2.45, 2.75) is 62.7 Å². The Morgan fingerprint density at radius 1 is 1.22 bits per heavy atom. The number of halogens is 1. The van der Waals surface area contributed by atoms with E-state index in [1.165, 1.54) is 23.9 Å². The van der Waals surface area contributed by atoms with Crippen LogP contribution in [0, 0.1) is 5.82 Å². The fourth-order valence-corrected chi connectivity index (χ4v) is 8.63. The Bertz CT molecular complexity index is 2170. The molecule has 19 heteroatoms. The lowest BCUT2D eigenvalue weighted by Crippen LogP contribution is -2.71. The number of thiazole rings is 1. The van der Waals surface area contributed by atoms with Gasteiger partial charge in [0, 0.05) is 46.6 Å². The number of carboxylic acids is 1. The number of anilines is 2. The molecule has 5 N–H and O–H groups in total. The molecule has 5 heterocycles. The fourth-order valence-electron chi connectivity index (χ4n) is 6.78. The van der Waals surface area contributed by atoms with Crippen molar-refractivity contribution < 1.29 is 48.0 Å². The largest absolute Gasteiger partial charge is 0.543 e. The summed E-state index contributed by atoms with van der Waals surface area (Å²) in [5.74, 6) is -4.97. The molecule has 3 aromatic rings. The average molecular weight is 791 g/mol. The lowest BCUT2D eigenvalue weighted by molar-refractivity contribution is -0.684. The van der Waals surface area contributed by atoms with E-state index < -0.39 is 46.7 Å². The van der Waals surface area contributed by atoms with Gasteiger partial charge >= 0.3 is 0 Å². The number of nitrogens with one attached hydrogen (secondary N) is 2. The zero-order chi connectivity index (χ0) is 38.8. The summed E-state index contributed by atoms with van der Waals surface area (Å²) >= 11 is 2.36. The number of pyridine rings is 1. The number of fused-ring (bicyclic) bond motifs is 1. The summed E-state index contributed by atoms with van der Waals surface area (Å²) in [7, 11) is 0. The molecule has 0 spiro atoms. The summed E-state index contributed by atoms with van der Waals surface area (Å²) in [6, 6.07) is 5.97. The third-order valence-corrected chi connectivity index (χ3v) is 11.4. The van der Waals surface area contributed by atoms with Gasteiger partial charge in [0.2, 0.25) is 12.5 Å². The van der Waals surface area contributed by atoms with Gasteiger partial charge in [-0.1, -0.05) is 5.16 Å². The Hall–Kier alpha value is -5.82. The number of nitrogens with two attached hydrogens (primary N) is 1. The van der Waals surface area contributed by atoms with Crippen molar-refractivity contribution in [1.82, 2.24) is 20.1 Å². The minimum Gasteiger partial charge on any atom is -0.543 e. The molecular formula is C36H35FN8O8S2. The summed E-state index contributed by atoms with van der Waals surface area (Å²) in [6.45, 7) is 0.464. The molecular weight excluding hydrogens is 756 g/mol. The van der Waals surface area contributed by atoms with Gasteiger partial charge in [0.05, 0.1) is 18.2 Å². The van der Waals surface area contributed by atoms with Gasteiger partial charge in [-0.25, -0.2) is 9.37 Å². The monoisotopic (exact) mass is 790 g/mol. The van der Waals surface area contributed by atoms with Crippen LogP contribution >= 0.6 is 23.1 Å². The van der Waals surface area contributed by atoms with Crippen LogP contribution in [0.4, 0.5) is 15.2 Å². The van der Waals surface area contributed by atoms with E-state index in [0.29, 0.717) is 18.5 Å². The van der Waals surface area contributed by atoms with Crippen molar-refractivity contribution >= 4 is 69.2 Å². The molecule has 2 aromatic heterocycles. The van der Waals surface area contributed by atoms with Gasteiger partial charge in [-0.15, -0.1) is 23.1 Å². The van der Waals surface area contributed by atoms with Crippen LogP contribution in [0.1, 0.15) is 43.4 Å². The average Bonchev–Trinajstić information content (AvgIpc) is 3.91. The number of thioether (sulfide) groups is 1. The van der Waals surface area contributed by atoms with E-state index in [2.05, 4.69) is 20.8 Å². The van der Waals surface area contributed by atoms with E-state index >= 15 is 0 Å². The maximum Gasteiger partial charge on any atom is 0.290 e.